The van der Waals surface area contributed by atoms with Gasteiger partial charge in [-0.2, -0.15) is 0 Å². The number of benzene rings is 1. The zero-order valence-corrected chi connectivity index (χ0v) is 10.8. The third kappa shape index (κ3) is 3.32. The van der Waals surface area contributed by atoms with Crippen molar-refractivity contribution in [3.05, 3.63) is 35.4 Å². The SMILES string of the molecule is CC1CCOC1C(=O)NCc1ccc(C(=O)O)cc1. The molecule has 1 aromatic rings. The fourth-order valence-electron chi connectivity index (χ4n) is 2.09. The minimum absolute atomic E-state index is 0.104. The van der Waals surface area contributed by atoms with Crippen LogP contribution in [-0.2, 0) is 16.1 Å². The predicted molar refractivity (Wildman–Crippen MR) is 68.8 cm³/mol. The number of ether oxygens (including phenoxy) is 1. The molecule has 1 aliphatic heterocycles. The molecule has 0 bridgehead atoms. The van der Waals surface area contributed by atoms with Gasteiger partial charge in [-0.3, -0.25) is 4.79 Å². The summed E-state index contributed by atoms with van der Waals surface area (Å²) in [6.45, 7) is 3.01. The lowest BCUT2D eigenvalue weighted by Crippen LogP contribution is -2.36. The summed E-state index contributed by atoms with van der Waals surface area (Å²) in [6, 6.07) is 6.45. The van der Waals surface area contributed by atoms with E-state index in [2.05, 4.69) is 5.32 Å². The molecule has 19 heavy (non-hydrogen) atoms. The van der Waals surface area contributed by atoms with Crippen LogP contribution in [-0.4, -0.2) is 29.7 Å². The molecule has 0 aromatic heterocycles. The summed E-state index contributed by atoms with van der Waals surface area (Å²) < 4.78 is 5.38. The van der Waals surface area contributed by atoms with Crippen molar-refractivity contribution in [2.75, 3.05) is 6.61 Å². The summed E-state index contributed by atoms with van der Waals surface area (Å²) >= 11 is 0. The van der Waals surface area contributed by atoms with E-state index in [-0.39, 0.29) is 23.5 Å². The molecule has 1 aromatic carbocycles. The highest BCUT2D eigenvalue weighted by Crippen LogP contribution is 2.20. The lowest BCUT2D eigenvalue weighted by atomic mass is 10.0. The van der Waals surface area contributed by atoms with Gasteiger partial charge in [-0.1, -0.05) is 19.1 Å². The second-order valence-corrected chi connectivity index (χ2v) is 4.78. The Morgan fingerprint density at radius 1 is 1.37 bits per heavy atom. The van der Waals surface area contributed by atoms with Crippen molar-refractivity contribution in [1.29, 1.82) is 0 Å². The topological polar surface area (TPSA) is 75.6 Å². The van der Waals surface area contributed by atoms with Crippen molar-refractivity contribution in [2.24, 2.45) is 5.92 Å². The normalized spacial score (nSPS) is 22.2. The number of amides is 1. The smallest absolute Gasteiger partial charge is 0.335 e. The minimum Gasteiger partial charge on any atom is -0.478 e. The number of rotatable bonds is 4. The first kappa shape index (κ1) is 13.5. The van der Waals surface area contributed by atoms with Crippen LogP contribution in [0.25, 0.3) is 0 Å². The Hall–Kier alpha value is -1.88. The number of carbonyl (C=O) groups excluding carboxylic acids is 1. The quantitative estimate of drug-likeness (QED) is 0.861. The van der Waals surface area contributed by atoms with Gasteiger partial charge in [-0.05, 0) is 30.0 Å². The van der Waals surface area contributed by atoms with Crippen molar-refractivity contribution in [3.8, 4) is 0 Å². The lowest BCUT2D eigenvalue weighted by molar-refractivity contribution is -0.131. The van der Waals surface area contributed by atoms with Crippen LogP contribution in [0.2, 0.25) is 0 Å². The van der Waals surface area contributed by atoms with E-state index >= 15 is 0 Å². The second kappa shape index (κ2) is 5.84. The largest absolute Gasteiger partial charge is 0.478 e. The number of carboxylic acid groups (broad SMARTS) is 1. The average molecular weight is 263 g/mol. The second-order valence-electron chi connectivity index (χ2n) is 4.78. The monoisotopic (exact) mass is 263 g/mol. The molecule has 0 radical (unpaired) electrons. The van der Waals surface area contributed by atoms with Gasteiger partial charge in [-0.25, -0.2) is 4.79 Å². The highest BCUT2D eigenvalue weighted by molar-refractivity contribution is 5.87. The van der Waals surface area contributed by atoms with Crippen LogP contribution in [0.15, 0.2) is 24.3 Å². The first-order chi connectivity index (χ1) is 9.08. The molecular weight excluding hydrogens is 246 g/mol. The molecule has 2 N–H and O–H groups in total. The molecule has 0 aliphatic carbocycles. The standard InChI is InChI=1S/C14H17NO4/c1-9-6-7-19-12(9)13(16)15-8-10-2-4-11(5-3-10)14(17)18/h2-5,9,12H,6-8H2,1H3,(H,15,16)(H,17,18). The third-order valence-electron chi connectivity index (χ3n) is 3.31. The maximum atomic E-state index is 11.9. The van der Waals surface area contributed by atoms with Crippen molar-refractivity contribution in [3.63, 3.8) is 0 Å². The van der Waals surface area contributed by atoms with Crippen LogP contribution in [0.4, 0.5) is 0 Å². The molecular formula is C14H17NO4. The summed E-state index contributed by atoms with van der Waals surface area (Å²) in [4.78, 5) is 22.6. The molecule has 1 saturated heterocycles. The van der Waals surface area contributed by atoms with Crippen molar-refractivity contribution < 1.29 is 19.4 Å². The van der Waals surface area contributed by atoms with E-state index in [1.807, 2.05) is 6.92 Å². The maximum Gasteiger partial charge on any atom is 0.335 e. The number of hydrogen-bond donors (Lipinski definition) is 2. The maximum absolute atomic E-state index is 11.9. The first-order valence-electron chi connectivity index (χ1n) is 6.29. The van der Waals surface area contributed by atoms with E-state index in [0.29, 0.717) is 13.2 Å². The first-order valence-corrected chi connectivity index (χ1v) is 6.29. The van der Waals surface area contributed by atoms with Crippen LogP contribution in [0.5, 0.6) is 0 Å². The Bertz CT molecular complexity index is 469. The van der Waals surface area contributed by atoms with Crippen LogP contribution in [0.3, 0.4) is 0 Å². The summed E-state index contributed by atoms with van der Waals surface area (Å²) in [6.07, 6.45) is 0.545. The van der Waals surface area contributed by atoms with Crippen molar-refractivity contribution in [2.45, 2.75) is 26.0 Å². The Balaban J connectivity index is 1.88. The Morgan fingerprint density at radius 3 is 2.58 bits per heavy atom. The van der Waals surface area contributed by atoms with Gasteiger partial charge < -0.3 is 15.2 Å². The van der Waals surface area contributed by atoms with E-state index in [1.54, 1.807) is 12.1 Å². The summed E-state index contributed by atoms with van der Waals surface area (Å²) in [7, 11) is 0. The highest BCUT2D eigenvalue weighted by atomic mass is 16.5. The van der Waals surface area contributed by atoms with Gasteiger partial charge in [0.25, 0.3) is 0 Å². The number of nitrogens with one attached hydrogen (secondary N) is 1. The molecule has 1 amide bonds. The molecule has 1 aliphatic rings. The minimum atomic E-state index is -0.955. The molecule has 1 heterocycles. The Morgan fingerprint density at radius 2 is 2.05 bits per heavy atom. The number of hydrogen-bond acceptors (Lipinski definition) is 3. The zero-order chi connectivity index (χ0) is 13.8. The Kier molecular flexibility index (Phi) is 4.16. The fraction of sp³-hybridized carbons (Fsp3) is 0.429. The molecule has 2 atom stereocenters. The zero-order valence-electron chi connectivity index (χ0n) is 10.8. The highest BCUT2D eigenvalue weighted by Gasteiger charge is 2.30. The van der Waals surface area contributed by atoms with E-state index in [4.69, 9.17) is 9.84 Å². The molecule has 2 unspecified atom stereocenters. The van der Waals surface area contributed by atoms with Crippen LogP contribution < -0.4 is 5.32 Å². The van der Waals surface area contributed by atoms with Crippen molar-refractivity contribution in [1.82, 2.24) is 5.32 Å². The van der Waals surface area contributed by atoms with Gasteiger partial charge in [0.05, 0.1) is 5.56 Å². The van der Waals surface area contributed by atoms with E-state index in [0.717, 1.165) is 12.0 Å². The summed E-state index contributed by atoms with van der Waals surface area (Å²) in [5.41, 5.74) is 1.10. The molecule has 1 fully saturated rings. The van der Waals surface area contributed by atoms with E-state index in [1.165, 1.54) is 12.1 Å². The number of carboxylic acids is 1. The molecule has 102 valence electrons. The van der Waals surface area contributed by atoms with Gasteiger partial charge in [-0.15, -0.1) is 0 Å². The van der Waals surface area contributed by atoms with Crippen LogP contribution in [0, 0.1) is 5.92 Å². The average Bonchev–Trinajstić information content (AvgIpc) is 2.83. The lowest BCUT2D eigenvalue weighted by Gasteiger charge is -2.14. The van der Waals surface area contributed by atoms with Gasteiger partial charge in [0.15, 0.2) is 0 Å². The van der Waals surface area contributed by atoms with Gasteiger partial charge in [0.2, 0.25) is 5.91 Å². The fourth-order valence-corrected chi connectivity index (χ4v) is 2.09. The molecule has 5 nitrogen and oxygen atoms in total. The van der Waals surface area contributed by atoms with Gasteiger partial charge in [0, 0.05) is 13.2 Å². The van der Waals surface area contributed by atoms with Crippen LogP contribution >= 0.6 is 0 Å². The van der Waals surface area contributed by atoms with E-state index < -0.39 is 5.97 Å². The van der Waals surface area contributed by atoms with Crippen LogP contribution in [0.1, 0.15) is 29.3 Å². The van der Waals surface area contributed by atoms with Crippen molar-refractivity contribution >= 4 is 11.9 Å². The van der Waals surface area contributed by atoms with Gasteiger partial charge in [0.1, 0.15) is 6.10 Å². The van der Waals surface area contributed by atoms with Gasteiger partial charge >= 0.3 is 5.97 Å². The molecule has 2 rings (SSSR count). The summed E-state index contributed by atoms with van der Waals surface area (Å²) in [5.74, 6) is -0.814. The molecule has 0 saturated carbocycles. The number of carbonyl (C=O) groups is 2. The molecule has 0 spiro atoms. The predicted octanol–water partition coefficient (Wildman–Crippen LogP) is 1.43. The summed E-state index contributed by atoms with van der Waals surface area (Å²) in [5, 5.41) is 11.6. The van der Waals surface area contributed by atoms with E-state index in [9.17, 15) is 9.59 Å². The molecule has 5 heteroatoms. The third-order valence-corrected chi connectivity index (χ3v) is 3.31. The Labute approximate surface area is 111 Å². The number of aromatic carboxylic acids is 1.